The number of rotatable bonds is 2. The number of nitrogens with zero attached hydrogens (tertiary/aromatic N) is 1. The minimum atomic E-state index is -0.561. The zero-order valence-corrected chi connectivity index (χ0v) is 15.3. The van der Waals surface area contributed by atoms with Crippen LogP contribution < -0.4 is 14.8 Å². The lowest BCUT2D eigenvalue weighted by Gasteiger charge is -2.41. The van der Waals surface area contributed by atoms with Crippen molar-refractivity contribution in [2.24, 2.45) is 5.41 Å². The Balaban J connectivity index is 1.49. The van der Waals surface area contributed by atoms with E-state index in [1.807, 2.05) is 32.0 Å². The van der Waals surface area contributed by atoms with Gasteiger partial charge in [0.15, 0.2) is 11.5 Å². The standard InChI is InChI=1S/C20H28N2O3/c1-19(2,15-3-4-16-17(13-15)25-12-11-24-16)18(23)22-9-6-20(7-10-22)5-8-21-14-20/h3-4,13,21H,5-12,14H2,1-2H3. The van der Waals surface area contributed by atoms with E-state index in [0.717, 1.165) is 56.1 Å². The monoisotopic (exact) mass is 344 g/mol. The van der Waals surface area contributed by atoms with Gasteiger partial charge in [0.05, 0.1) is 5.41 Å². The maximum Gasteiger partial charge on any atom is 0.232 e. The Kier molecular flexibility index (Phi) is 4.14. The molecule has 3 heterocycles. The van der Waals surface area contributed by atoms with Crippen LogP contribution in [-0.4, -0.2) is 50.2 Å². The van der Waals surface area contributed by atoms with E-state index in [0.29, 0.717) is 18.6 Å². The van der Waals surface area contributed by atoms with Crippen LogP contribution in [0.3, 0.4) is 0 Å². The lowest BCUT2D eigenvalue weighted by Crippen LogP contribution is -2.49. The Morgan fingerprint density at radius 2 is 1.84 bits per heavy atom. The van der Waals surface area contributed by atoms with Crippen LogP contribution >= 0.6 is 0 Å². The third kappa shape index (κ3) is 2.99. The molecule has 2 saturated heterocycles. The van der Waals surface area contributed by atoms with Gasteiger partial charge in [0.25, 0.3) is 0 Å². The normalized spacial score (nSPS) is 22.2. The molecule has 0 unspecified atom stereocenters. The summed E-state index contributed by atoms with van der Waals surface area (Å²) in [6.45, 7) is 9.15. The van der Waals surface area contributed by atoms with Crippen molar-refractivity contribution in [3.63, 3.8) is 0 Å². The molecular formula is C20H28N2O3. The minimum absolute atomic E-state index is 0.213. The van der Waals surface area contributed by atoms with Gasteiger partial charge < -0.3 is 19.7 Å². The second-order valence-corrected chi connectivity index (χ2v) is 8.20. The van der Waals surface area contributed by atoms with E-state index in [1.165, 1.54) is 6.42 Å². The number of hydrogen-bond acceptors (Lipinski definition) is 4. The van der Waals surface area contributed by atoms with Crippen LogP contribution in [0, 0.1) is 5.41 Å². The number of amides is 1. The Morgan fingerprint density at radius 1 is 1.12 bits per heavy atom. The van der Waals surface area contributed by atoms with Crippen LogP contribution in [0.25, 0.3) is 0 Å². The fraction of sp³-hybridized carbons (Fsp3) is 0.650. The largest absolute Gasteiger partial charge is 0.486 e. The molecule has 1 aromatic rings. The first-order valence-electron chi connectivity index (χ1n) is 9.41. The molecule has 0 aliphatic carbocycles. The van der Waals surface area contributed by atoms with Gasteiger partial charge in [0.1, 0.15) is 13.2 Å². The van der Waals surface area contributed by atoms with Crippen LogP contribution in [0.4, 0.5) is 0 Å². The molecule has 3 aliphatic rings. The Morgan fingerprint density at radius 3 is 2.52 bits per heavy atom. The van der Waals surface area contributed by atoms with Crippen LogP contribution in [-0.2, 0) is 10.2 Å². The van der Waals surface area contributed by atoms with Crippen LogP contribution in [0.1, 0.15) is 38.7 Å². The molecular weight excluding hydrogens is 316 g/mol. The van der Waals surface area contributed by atoms with E-state index < -0.39 is 5.41 Å². The van der Waals surface area contributed by atoms with Crippen molar-refractivity contribution in [3.8, 4) is 11.5 Å². The number of likely N-dealkylation sites (tertiary alicyclic amines) is 1. The summed E-state index contributed by atoms with van der Waals surface area (Å²) in [5, 5.41) is 3.48. The minimum Gasteiger partial charge on any atom is -0.486 e. The molecule has 4 rings (SSSR count). The highest BCUT2D eigenvalue weighted by molar-refractivity contribution is 5.87. The predicted molar refractivity (Wildman–Crippen MR) is 96.2 cm³/mol. The molecule has 5 heteroatoms. The molecule has 0 saturated carbocycles. The van der Waals surface area contributed by atoms with Gasteiger partial charge in [-0.2, -0.15) is 0 Å². The lowest BCUT2D eigenvalue weighted by atomic mass is 9.76. The van der Waals surface area contributed by atoms with Gasteiger partial charge in [-0.3, -0.25) is 4.79 Å². The second-order valence-electron chi connectivity index (χ2n) is 8.20. The number of carbonyl (C=O) groups excluding carboxylic acids is 1. The van der Waals surface area contributed by atoms with Crippen molar-refractivity contribution in [3.05, 3.63) is 23.8 Å². The van der Waals surface area contributed by atoms with Gasteiger partial charge >= 0.3 is 0 Å². The zero-order chi connectivity index (χ0) is 17.5. The fourth-order valence-electron chi connectivity index (χ4n) is 4.36. The van der Waals surface area contributed by atoms with Gasteiger partial charge in [-0.05, 0) is 62.8 Å². The van der Waals surface area contributed by atoms with Gasteiger partial charge in [-0.25, -0.2) is 0 Å². The first-order chi connectivity index (χ1) is 12.0. The number of fused-ring (bicyclic) bond motifs is 1. The highest BCUT2D eigenvalue weighted by atomic mass is 16.6. The van der Waals surface area contributed by atoms with Crippen LogP contribution in [0.5, 0.6) is 11.5 Å². The molecule has 1 aromatic carbocycles. The van der Waals surface area contributed by atoms with Crippen molar-refractivity contribution in [1.82, 2.24) is 10.2 Å². The van der Waals surface area contributed by atoms with Crippen LogP contribution in [0.15, 0.2) is 18.2 Å². The molecule has 136 valence electrons. The van der Waals surface area contributed by atoms with E-state index >= 15 is 0 Å². The summed E-state index contributed by atoms with van der Waals surface area (Å²) in [7, 11) is 0. The Bertz CT molecular complexity index is 655. The molecule has 1 N–H and O–H groups in total. The molecule has 1 spiro atoms. The third-order valence-corrected chi connectivity index (χ3v) is 6.24. The maximum absolute atomic E-state index is 13.2. The van der Waals surface area contributed by atoms with Crippen molar-refractivity contribution >= 4 is 5.91 Å². The average Bonchev–Trinajstić information content (AvgIpc) is 3.09. The summed E-state index contributed by atoms with van der Waals surface area (Å²) in [5.41, 5.74) is 0.858. The molecule has 0 aromatic heterocycles. The van der Waals surface area contributed by atoms with Crippen LogP contribution in [0.2, 0.25) is 0 Å². The Labute approximate surface area is 149 Å². The van der Waals surface area contributed by atoms with Gasteiger partial charge in [-0.1, -0.05) is 6.07 Å². The smallest absolute Gasteiger partial charge is 0.232 e. The van der Waals surface area contributed by atoms with Crippen molar-refractivity contribution in [2.45, 2.75) is 38.5 Å². The first-order valence-corrected chi connectivity index (χ1v) is 9.41. The SMILES string of the molecule is CC(C)(C(=O)N1CCC2(CCNC2)CC1)c1ccc2c(c1)OCCO2. The van der Waals surface area contributed by atoms with E-state index in [-0.39, 0.29) is 5.91 Å². The summed E-state index contributed by atoms with van der Waals surface area (Å²) in [5.74, 6) is 1.73. The van der Waals surface area contributed by atoms with E-state index in [1.54, 1.807) is 0 Å². The third-order valence-electron chi connectivity index (χ3n) is 6.24. The molecule has 3 aliphatic heterocycles. The number of piperidine rings is 1. The van der Waals surface area contributed by atoms with Crippen molar-refractivity contribution in [2.75, 3.05) is 39.4 Å². The Hall–Kier alpha value is -1.75. The fourth-order valence-corrected chi connectivity index (χ4v) is 4.36. The molecule has 1 amide bonds. The first kappa shape index (κ1) is 16.7. The van der Waals surface area contributed by atoms with E-state index in [2.05, 4.69) is 10.2 Å². The molecule has 0 radical (unpaired) electrons. The summed E-state index contributed by atoms with van der Waals surface area (Å²) in [6, 6.07) is 5.89. The summed E-state index contributed by atoms with van der Waals surface area (Å²) in [6.07, 6.45) is 3.48. The molecule has 25 heavy (non-hydrogen) atoms. The maximum atomic E-state index is 13.2. The molecule has 5 nitrogen and oxygen atoms in total. The highest BCUT2D eigenvalue weighted by Crippen LogP contribution is 2.39. The van der Waals surface area contributed by atoms with E-state index in [9.17, 15) is 4.79 Å². The lowest BCUT2D eigenvalue weighted by molar-refractivity contribution is -0.138. The van der Waals surface area contributed by atoms with Crippen molar-refractivity contribution < 1.29 is 14.3 Å². The van der Waals surface area contributed by atoms with Crippen molar-refractivity contribution in [1.29, 1.82) is 0 Å². The molecule has 0 atom stereocenters. The number of hydrogen-bond donors (Lipinski definition) is 1. The number of nitrogens with one attached hydrogen (secondary N) is 1. The number of ether oxygens (including phenoxy) is 2. The molecule has 2 fully saturated rings. The van der Waals surface area contributed by atoms with E-state index in [4.69, 9.17) is 9.47 Å². The predicted octanol–water partition coefficient (Wildman–Crippen LogP) is 2.34. The quantitative estimate of drug-likeness (QED) is 0.895. The van der Waals surface area contributed by atoms with Gasteiger partial charge in [0.2, 0.25) is 5.91 Å². The zero-order valence-electron chi connectivity index (χ0n) is 15.3. The summed E-state index contributed by atoms with van der Waals surface area (Å²) >= 11 is 0. The highest BCUT2D eigenvalue weighted by Gasteiger charge is 2.41. The summed E-state index contributed by atoms with van der Waals surface area (Å²) in [4.78, 5) is 15.3. The second kappa shape index (κ2) is 6.20. The summed E-state index contributed by atoms with van der Waals surface area (Å²) < 4.78 is 11.3. The number of carbonyl (C=O) groups is 1. The van der Waals surface area contributed by atoms with Gasteiger partial charge in [0, 0.05) is 19.6 Å². The number of benzene rings is 1. The molecule has 0 bridgehead atoms. The topological polar surface area (TPSA) is 50.8 Å². The van der Waals surface area contributed by atoms with Gasteiger partial charge in [-0.15, -0.1) is 0 Å². The average molecular weight is 344 g/mol.